The van der Waals surface area contributed by atoms with Crippen molar-refractivity contribution >= 4 is 75.7 Å². The lowest BCUT2D eigenvalue weighted by Gasteiger charge is -2.08. The number of esters is 2. The van der Waals surface area contributed by atoms with Crippen LogP contribution in [0.4, 0.5) is 0 Å². The molecule has 1 aromatic rings. The van der Waals surface area contributed by atoms with Gasteiger partial charge in [0.25, 0.3) is 0 Å². The molecule has 0 unspecified atom stereocenters. The average molecular weight is 716 g/mol. The fourth-order valence-corrected chi connectivity index (χ4v) is 6.81. The van der Waals surface area contributed by atoms with Crippen molar-refractivity contribution in [2.75, 3.05) is 14.2 Å². The van der Waals surface area contributed by atoms with Gasteiger partial charge in [0, 0.05) is 34.7 Å². The van der Waals surface area contributed by atoms with E-state index in [1.165, 1.54) is 26.4 Å². The molecule has 0 atom stereocenters. The number of carbonyl (C=O) groups is 3. The third-order valence-electron chi connectivity index (χ3n) is 8.98. The molecule has 0 spiro atoms. The molecule has 4 aliphatic heterocycles. The number of aliphatic hydroxyl groups is 1. The van der Waals surface area contributed by atoms with Gasteiger partial charge in [-0.25, -0.2) is 15.0 Å². The zero-order valence-electron chi connectivity index (χ0n) is 28.5. The molecule has 0 saturated carbocycles. The summed E-state index contributed by atoms with van der Waals surface area (Å²) in [5.74, 6) is -0.701. The van der Waals surface area contributed by atoms with Crippen molar-refractivity contribution in [2.45, 2.75) is 53.4 Å². The van der Waals surface area contributed by atoms with E-state index in [4.69, 9.17) is 47.7 Å². The van der Waals surface area contributed by atoms with Crippen molar-refractivity contribution in [1.29, 1.82) is 0 Å². The minimum Gasteiger partial charge on any atom is -0.516 e. The fraction of sp³-hybridized carbons (Fsp3) is 0.263. The molecule has 0 aromatic carbocycles. The van der Waals surface area contributed by atoms with Gasteiger partial charge in [0.1, 0.15) is 6.29 Å². The largest absolute Gasteiger partial charge is 0.516 e. The van der Waals surface area contributed by atoms with Gasteiger partial charge in [-0.05, 0) is 110 Å². The van der Waals surface area contributed by atoms with E-state index in [2.05, 4.69) is 4.98 Å². The maximum atomic E-state index is 12.2. The molecule has 4 aliphatic rings. The number of aromatic nitrogens is 1. The number of carbonyl (C=O) groups excluding carboxylic acids is 3. The number of aldehydes is 1. The first-order valence-electron chi connectivity index (χ1n) is 15.8. The van der Waals surface area contributed by atoms with E-state index in [9.17, 15) is 19.5 Å². The fourth-order valence-electron chi connectivity index (χ4n) is 6.22. The number of rotatable bonds is 9. The summed E-state index contributed by atoms with van der Waals surface area (Å²) in [4.78, 5) is 54.4. The first kappa shape index (κ1) is 36.2. The molecule has 0 radical (unpaired) electrons. The van der Waals surface area contributed by atoms with Crippen molar-refractivity contribution in [3.8, 4) is 0 Å². The van der Waals surface area contributed by atoms with Crippen LogP contribution in [-0.2, 0) is 23.9 Å². The third-order valence-corrected chi connectivity index (χ3v) is 9.61. The first-order chi connectivity index (χ1) is 23.9. The van der Waals surface area contributed by atoms with Crippen molar-refractivity contribution in [3.63, 3.8) is 0 Å². The molecular weight excluding hydrogens is 679 g/mol. The molecule has 8 bridgehead atoms. The molecule has 50 heavy (non-hydrogen) atoms. The van der Waals surface area contributed by atoms with E-state index in [0.717, 1.165) is 39.7 Å². The number of aliphatic imine (C=N–C) groups is 3. The topological polar surface area (TPSA) is 143 Å². The normalized spacial score (nSPS) is 18.0. The summed E-state index contributed by atoms with van der Waals surface area (Å²) in [6.07, 6.45) is 12.6. The number of nitrogens with one attached hydrogen (secondary N) is 1. The third kappa shape index (κ3) is 7.13. The highest BCUT2D eigenvalue weighted by atomic mass is 35.5. The summed E-state index contributed by atoms with van der Waals surface area (Å²) in [5.41, 5.74) is 9.75. The molecule has 2 N–H and O–H groups in total. The van der Waals surface area contributed by atoms with Gasteiger partial charge in [-0.15, -0.1) is 0 Å². The van der Waals surface area contributed by atoms with Crippen LogP contribution in [-0.4, -0.2) is 59.7 Å². The Morgan fingerprint density at radius 3 is 2.04 bits per heavy atom. The van der Waals surface area contributed by atoms with Crippen molar-refractivity contribution in [2.24, 2.45) is 15.0 Å². The highest BCUT2D eigenvalue weighted by Crippen LogP contribution is 2.38. The van der Waals surface area contributed by atoms with E-state index < -0.39 is 0 Å². The molecule has 0 saturated heterocycles. The van der Waals surface area contributed by atoms with Gasteiger partial charge < -0.3 is 19.6 Å². The summed E-state index contributed by atoms with van der Waals surface area (Å²) in [7, 11) is 2.71. The summed E-state index contributed by atoms with van der Waals surface area (Å²) < 4.78 is 9.86. The molecular formula is C38H36Cl2N4O6. The molecule has 258 valence electrons. The Bertz CT molecular complexity index is 2200. The highest BCUT2D eigenvalue weighted by Gasteiger charge is 2.28. The average Bonchev–Trinajstić information content (AvgIpc) is 3.75. The lowest BCUT2D eigenvalue weighted by atomic mass is 9.96. The van der Waals surface area contributed by atoms with Crippen molar-refractivity contribution in [3.05, 3.63) is 108 Å². The second-order valence-corrected chi connectivity index (χ2v) is 12.7. The van der Waals surface area contributed by atoms with Gasteiger partial charge in [0.2, 0.25) is 0 Å². The molecule has 12 heteroatoms. The second-order valence-electron chi connectivity index (χ2n) is 11.9. The van der Waals surface area contributed by atoms with E-state index in [1.807, 2.05) is 52.0 Å². The Balaban J connectivity index is 1.87. The SMILES string of the molecule is COC(=O)CCC1=C(C)C2=NC1=CC1=NC(=CC3=NC(=Cc4[nH]c(/c(=C(Cl)/C=C/O)c4C)=C2)C(/C(Cl)=C\C=O)=C3C)C(C)=C1CCC(=O)OC. The van der Waals surface area contributed by atoms with Crippen molar-refractivity contribution in [1.82, 2.24) is 4.98 Å². The predicted molar refractivity (Wildman–Crippen MR) is 197 cm³/mol. The van der Waals surface area contributed by atoms with Crippen molar-refractivity contribution < 1.29 is 29.0 Å². The Morgan fingerprint density at radius 1 is 0.800 bits per heavy atom. The second kappa shape index (κ2) is 15.2. The minimum absolute atomic E-state index is 0.143. The lowest BCUT2D eigenvalue weighted by Crippen LogP contribution is -2.27. The Hall–Kier alpha value is -5.06. The zero-order chi connectivity index (χ0) is 36.3. The number of H-pyrrole nitrogens is 1. The number of halogens is 2. The number of allylic oxidation sites excluding steroid dienone is 10. The van der Waals surface area contributed by atoms with Gasteiger partial charge in [-0.3, -0.25) is 14.4 Å². The molecule has 0 amide bonds. The van der Waals surface area contributed by atoms with Crippen LogP contribution in [0.25, 0.3) is 17.2 Å². The maximum Gasteiger partial charge on any atom is 0.305 e. The molecule has 0 fully saturated rings. The van der Waals surface area contributed by atoms with Crippen LogP contribution in [0, 0.1) is 6.92 Å². The summed E-state index contributed by atoms with van der Waals surface area (Å²) in [6.45, 7) is 7.64. The van der Waals surface area contributed by atoms with Crippen LogP contribution in [0.3, 0.4) is 0 Å². The number of methoxy groups -OCH3 is 2. The van der Waals surface area contributed by atoms with Crippen LogP contribution >= 0.6 is 23.2 Å². The molecule has 5 rings (SSSR count). The van der Waals surface area contributed by atoms with E-state index in [-0.39, 0.29) is 34.8 Å². The first-order valence-corrected chi connectivity index (χ1v) is 16.6. The number of aromatic amines is 1. The smallest absolute Gasteiger partial charge is 0.305 e. The van der Waals surface area contributed by atoms with Gasteiger partial charge in [0.05, 0.1) is 64.8 Å². The number of hydrogen-bond acceptors (Lipinski definition) is 9. The van der Waals surface area contributed by atoms with Crippen LogP contribution in [0.5, 0.6) is 0 Å². The number of hydrogen-bond donors (Lipinski definition) is 2. The number of ether oxygens (including phenoxy) is 2. The van der Waals surface area contributed by atoms with Gasteiger partial charge in [0.15, 0.2) is 0 Å². The Labute approximate surface area is 299 Å². The van der Waals surface area contributed by atoms with E-state index in [0.29, 0.717) is 75.2 Å². The van der Waals surface area contributed by atoms with Crippen LogP contribution in [0.15, 0.2) is 101 Å². The maximum absolute atomic E-state index is 12.2. The number of nitrogens with zero attached hydrogens (tertiary/aromatic N) is 3. The highest BCUT2D eigenvalue weighted by molar-refractivity contribution is 6.47. The van der Waals surface area contributed by atoms with Crippen LogP contribution < -0.4 is 10.6 Å². The summed E-state index contributed by atoms with van der Waals surface area (Å²) in [5, 5.41) is 11.3. The molecule has 10 nitrogen and oxygen atoms in total. The standard InChI is InChI=1S/C38H36Cl2N4O6/c1-19-23(7-9-35(47)49-5)31-18-32-24(8-10-36(48)50-6)20(2)28(42-32)16-33-38(26(40)12-14-46)22(4)30(44-33)17-34-37(25(39)11-13-45)21(3)29(43-34)15-27(19)41-31/h11-18,44,46H,7-10H2,1-6H3/b14-12+,25-11+,27-15?,32-18?,33-16?,34-17?,38-26-. The van der Waals surface area contributed by atoms with Crippen LogP contribution in [0.2, 0.25) is 0 Å². The monoisotopic (exact) mass is 714 g/mol. The molecule has 5 heterocycles. The Kier molecular flexibility index (Phi) is 11.0. The predicted octanol–water partition coefficient (Wildman–Crippen LogP) is 6.19. The number of aliphatic hydroxyl groups excluding tert-OH is 1. The molecule has 0 aliphatic carbocycles. The van der Waals surface area contributed by atoms with Gasteiger partial charge >= 0.3 is 11.9 Å². The quantitative estimate of drug-likeness (QED) is 0.135. The molecule has 1 aromatic heterocycles. The van der Waals surface area contributed by atoms with E-state index in [1.54, 1.807) is 0 Å². The summed E-state index contributed by atoms with van der Waals surface area (Å²) >= 11 is 13.4. The Morgan fingerprint density at radius 2 is 1.40 bits per heavy atom. The number of fused-ring (bicyclic) bond motifs is 5. The lowest BCUT2D eigenvalue weighted by molar-refractivity contribution is -0.141. The van der Waals surface area contributed by atoms with Gasteiger partial charge in [-0.2, -0.15) is 0 Å². The van der Waals surface area contributed by atoms with Crippen LogP contribution in [0.1, 0.15) is 57.7 Å². The summed E-state index contributed by atoms with van der Waals surface area (Å²) in [6, 6.07) is 0. The zero-order valence-corrected chi connectivity index (χ0v) is 30.0. The van der Waals surface area contributed by atoms with Gasteiger partial charge in [-0.1, -0.05) is 23.2 Å². The van der Waals surface area contributed by atoms with E-state index >= 15 is 0 Å². The minimum atomic E-state index is -0.351.